The highest BCUT2D eigenvalue weighted by Crippen LogP contribution is 2.72. The van der Waals surface area contributed by atoms with Gasteiger partial charge in [-0.15, -0.1) is 0 Å². The Morgan fingerprint density at radius 3 is 1.60 bits per heavy atom. The lowest BCUT2D eigenvalue weighted by Gasteiger charge is -2.44. The zero-order valence-corrected chi connectivity index (χ0v) is 18.7. The summed E-state index contributed by atoms with van der Waals surface area (Å²) in [4.78, 5) is 0. The summed E-state index contributed by atoms with van der Waals surface area (Å²) in [6.45, 7) is 4.49. The van der Waals surface area contributed by atoms with Crippen molar-refractivity contribution in [3.63, 3.8) is 0 Å². The molecule has 0 aromatic heterocycles. The molecule has 1 aliphatic carbocycles. The van der Waals surface area contributed by atoms with Crippen LogP contribution >= 0.6 is 7.60 Å². The van der Waals surface area contributed by atoms with Gasteiger partial charge in [0.05, 0.1) is 13.2 Å². The van der Waals surface area contributed by atoms with Gasteiger partial charge in [0.15, 0.2) is 0 Å². The summed E-state index contributed by atoms with van der Waals surface area (Å²) in [6.07, 6.45) is 5.10. The second-order valence-electron chi connectivity index (χ2n) is 7.93. The average molecular weight is 436 g/mol. The van der Waals surface area contributed by atoms with Crippen molar-refractivity contribution in [3.05, 3.63) is 71.3 Å². The summed E-state index contributed by atoms with van der Waals surface area (Å²) in [7, 11) is -3.76. The van der Waals surface area contributed by atoms with E-state index in [0.717, 1.165) is 25.7 Å². The van der Waals surface area contributed by atoms with Crippen molar-refractivity contribution in [1.29, 1.82) is 0 Å². The molecule has 2 aromatic carbocycles. The molecule has 0 heterocycles. The lowest BCUT2D eigenvalue weighted by Crippen LogP contribution is -2.37. The molecule has 0 bridgehead atoms. The van der Waals surface area contributed by atoms with E-state index in [9.17, 15) is 13.3 Å². The highest BCUT2D eigenvalue weighted by molar-refractivity contribution is 7.55. The lowest BCUT2D eigenvalue weighted by molar-refractivity contribution is 0.174. The topological polar surface area (TPSA) is 35.5 Å². The molecule has 0 saturated heterocycles. The van der Waals surface area contributed by atoms with Crippen LogP contribution in [0.3, 0.4) is 0 Å². The molecule has 0 N–H and O–H groups in total. The summed E-state index contributed by atoms with van der Waals surface area (Å²) < 4.78 is 54.5. The van der Waals surface area contributed by atoms with E-state index >= 15 is 0 Å². The largest absolute Gasteiger partial charge is 0.345 e. The molecule has 1 fully saturated rings. The molecule has 3 nitrogen and oxygen atoms in total. The fraction of sp³-hybridized carbons (Fsp3) is 0.500. The molecule has 164 valence electrons. The van der Waals surface area contributed by atoms with E-state index in [1.54, 1.807) is 24.3 Å². The molecule has 0 aliphatic heterocycles. The van der Waals surface area contributed by atoms with Gasteiger partial charge in [0.1, 0.15) is 16.8 Å². The molecule has 0 radical (unpaired) electrons. The van der Waals surface area contributed by atoms with Gasteiger partial charge in [0.25, 0.3) is 0 Å². The maximum Gasteiger partial charge on any atom is 0.345 e. The Kier molecular flexibility index (Phi) is 7.84. The fourth-order valence-electron chi connectivity index (χ4n) is 4.59. The molecule has 0 spiro atoms. The minimum atomic E-state index is -3.76. The van der Waals surface area contributed by atoms with E-state index in [1.165, 1.54) is 24.3 Å². The third-order valence-corrected chi connectivity index (χ3v) is 8.67. The fourth-order valence-corrected chi connectivity index (χ4v) is 7.56. The summed E-state index contributed by atoms with van der Waals surface area (Å²) in [5.41, 5.74) is 1.39. The molecular formula is C24H31F2O3P. The maximum atomic E-state index is 14.7. The van der Waals surface area contributed by atoms with Gasteiger partial charge in [-0.2, -0.15) is 0 Å². The number of rotatable bonds is 10. The van der Waals surface area contributed by atoms with Crippen LogP contribution in [-0.4, -0.2) is 13.2 Å². The minimum Gasteiger partial charge on any atom is -0.308 e. The Bertz CT molecular complexity index is 788. The molecule has 6 heteroatoms. The number of benzene rings is 2. The first-order chi connectivity index (χ1) is 14.5. The third kappa shape index (κ3) is 4.39. The van der Waals surface area contributed by atoms with Crippen molar-refractivity contribution in [1.82, 2.24) is 0 Å². The molecule has 0 amide bonds. The van der Waals surface area contributed by atoms with Crippen molar-refractivity contribution < 1.29 is 22.4 Å². The van der Waals surface area contributed by atoms with Crippen LogP contribution in [-0.2, 0) is 18.8 Å². The molecule has 0 unspecified atom stereocenters. The lowest BCUT2D eigenvalue weighted by atomic mass is 9.78. The number of hydrogen-bond acceptors (Lipinski definition) is 3. The SMILES string of the molecule is CCCOP(=O)(OCCC)C(c1ccc(F)cc1)(c1ccc(F)cc1)C1CCCC1. The minimum absolute atomic E-state index is 0.0204. The molecule has 3 rings (SSSR count). The number of halogens is 2. The van der Waals surface area contributed by atoms with E-state index in [2.05, 4.69) is 0 Å². The second kappa shape index (κ2) is 10.2. The van der Waals surface area contributed by atoms with Gasteiger partial charge < -0.3 is 9.05 Å². The van der Waals surface area contributed by atoms with E-state index < -0.39 is 12.8 Å². The van der Waals surface area contributed by atoms with Crippen LogP contribution in [0, 0.1) is 17.6 Å². The van der Waals surface area contributed by atoms with E-state index in [4.69, 9.17) is 9.05 Å². The molecule has 1 aliphatic rings. The van der Waals surface area contributed by atoms with Gasteiger partial charge in [0.2, 0.25) is 0 Å². The standard InChI is InChI=1S/C24H31F2O3P/c1-3-17-28-30(27,29-18-4-2)24(19-7-5-6-8-19,20-9-13-22(25)14-10-20)21-11-15-23(26)16-12-21/h9-16,19H,3-8,17-18H2,1-2H3. The van der Waals surface area contributed by atoms with Crippen LogP contribution in [0.4, 0.5) is 8.78 Å². The summed E-state index contributed by atoms with van der Waals surface area (Å²) >= 11 is 0. The first-order valence-electron chi connectivity index (χ1n) is 10.9. The quantitative estimate of drug-likeness (QED) is 0.363. The van der Waals surface area contributed by atoms with Gasteiger partial charge >= 0.3 is 7.60 Å². The zero-order chi connectivity index (χ0) is 21.6. The highest BCUT2D eigenvalue weighted by Gasteiger charge is 2.58. The predicted molar refractivity (Wildman–Crippen MR) is 116 cm³/mol. The highest BCUT2D eigenvalue weighted by atomic mass is 31.2. The first-order valence-corrected chi connectivity index (χ1v) is 12.4. The molecule has 2 aromatic rings. The molecular weight excluding hydrogens is 405 g/mol. The monoisotopic (exact) mass is 436 g/mol. The van der Waals surface area contributed by atoms with Crippen LogP contribution < -0.4 is 0 Å². The van der Waals surface area contributed by atoms with Crippen molar-refractivity contribution in [2.75, 3.05) is 13.2 Å². The van der Waals surface area contributed by atoms with Crippen molar-refractivity contribution >= 4 is 7.60 Å². The van der Waals surface area contributed by atoms with Gasteiger partial charge in [-0.05, 0) is 67.0 Å². The van der Waals surface area contributed by atoms with Crippen molar-refractivity contribution in [2.24, 2.45) is 5.92 Å². The normalized spacial score (nSPS) is 15.6. The van der Waals surface area contributed by atoms with Crippen molar-refractivity contribution in [2.45, 2.75) is 57.5 Å². The summed E-state index contributed by atoms with van der Waals surface area (Å²) in [5, 5.41) is -1.12. The van der Waals surface area contributed by atoms with E-state index in [0.29, 0.717) is 24.0 Å². The maximum absolute atomic E-state index is 14.7. The van der Waals surface area contributed by atoms with Crippen LogP contribution in [0.15, 0.2) is 48.5 Å². The van der Waals surface area contributed by atoms with Crippen LogP contribution in [0.2, 0.25) is 0 Å². The second-order valence-corrected chi connectivity index (χ2v) is 10.1. The zero-order valence-electron chi connectivity index (χ0n) is 17.8. The Morgan fingerprint density at radius 1 is 0.833 bits per heavy atom. The van der Waals surface area contributed by atoms with E-state index in [-0.39, 0.29) is 30.8 Å². The smallest absolute Gasteiger partial charge is 0.308 e. The molecule has 1 saturated carbocycles. The predicted octanol–water partition coefficient (Wildman–Crippen LogP) is 7.44. The van der Waals surface area contributed by atoms with Crippen LogP contribution in [0.25, 0.3) is 0 Å². The average Bonchev–Trinajstić information content (AvgIpc) is 3.29. The summed E-state index contributed by atoms with van der Waals surface area (Å²) in [5.74, 6) is -0.748. The van der Waals surface area contributed by atoms with Gasteiger partial charge in [-0.3, -0.25) is 4.57 Å². The van der Waals surface area contributed by atoms with Crippen LogP contribution in [0.5, 0.6) is 0 Å². The van der Waals surface area contributed by atoms with E-state index in [1.807, 2.05) is 13.8 Å². The third-order valence-electron chi connectivity index (χ3n) is 5.88. The Balaban J connectivity index is 2.31. The summed E-state index contributed by atoms with van der Waals surface area (Å²) in [6, 6.07) is 12.2. The Morgan fingerprint density at radius 2 is 1.23 bits per heavy atom. The first kappa shape index (κ1) is 23.1. The number of hydrogen-bond donors (Lipinski definition) is 0. The van der Waals surface area contributed by atoms with Gasteiger partial charge in [-0.25, -0.2) is 8.78 Å². The van der Waals surface area contributed by atoms with Gasteiger partial charge in [0, 0.05) is 0 Å². The Hall–Kier alpha value is -1.55. The Labute approximate surface area is 178 Å². The van der Waals surface area contributed by atoms with Gasteiger partial charge in [-0.1, -0.05) is 51.0 Å². The van der Waals surface area contributed by atoms with Crippen molar-refractivity contribution in [3.8, 4) is 0 Å². The van der Waals surface area contributed by atoms with Crippen LogP contribution in [0.1, 0.15) is 63.5 Å². The molecule has 0 atom stereocenters. The molecule has 30 heavy (non-hydrogen) atoms.